The van der Waals surface area contributed by atoms with Gasteiger partial charge in [0.25, 0.3) is 0 Å². The minimum absolute atomic E-state index is 0.113. The number of rotatable bonds is 6. The number of benzene rings is 1. The number of hydrogen-bond acceptors (Lipinski definition) is 4. The minimum Gasteiger partial charge on any atom is -0.419 e. The van der Waals surface area contributed by atoms with Gasteiger partial charge in [-0.1, -0.05) is 31.0 Å². The summed E-state index contributed by atoms with van der Waals surface area (Å²) < 4.78 is 5.77. The molecule has 0 N–H and O–H groups in total. The summed E-state index contributed by atoms with van der Waals surface area (Å²) in [7, 11) is 2.07. The van der Waals surface area contributed by atoms with Crippen molar-refractivity contribution in [3.05, 3.63) is 35.2 Å². The first kappa shape index (κ1) is 15.0. The van der Waals surface area contributed by atoms with Crippen LogP contribution in [-0.4, -0.2) is 28.7 Å². The van der Waals surface area contributed by atoms with Gasteiger partial charge in [0.1, 0.15) is 0 Å². The van der Waals surface area contributed by atoms with E-state index in [2.05, 4.69) is 36.0 Å². The highest BCUT2D eigenvalue weighted by atomic mass is 35.5. The predicted molar refractivity (Wildman–Crippen MR) is 80.7 cm³/mol. The molecule has 1 aromatic carbocycles. The number of unbranched alkanes of at least 4 members (excludes halogenated alkanes) is 1. The van der Waals surface area contributed by atoms with Crippen LogP contribution in [0.1, 0.15) is 38.6 Å². The van der Waals surface area contributed by atoms with Crippen LogP contribution < -0.4 is 0 Å². The van der Waals surface area contributed by atoms with E-state index >= 15 is 0 Å². The highest BCUT2D eigenvalue weighted by molar-refractivity contribution is 6.30. The maximum absolute atomic E-state index is 5.97. The second-order valence-corrected chi connectivity index (χ2v) is 5.40. The van der Waals surface area contributed by atoms with Crippen LogP contribution in [0.3, 0.4) is 0 Å². The molecule has 0 aliphatic carbocycles. The summed E-state index contributed by atoms with van der Waals surface area (Å²) in [5.41, 5.74) is 0.847. The van der Waals surface area contributed by atoms with E-state index in [0.29, 0.717) is 16.8 Å². The maximum atomic E-state index is 5.97. The van der Waals surface area contributed by atoms with Crippen molar-refractivity contribution in [2.45, 2.75) is 32.7 Å². The Morgan fingerprint density at radius 2 is 2.15 bits per heavy atom. The lowest BCUT2D eigenvalue weighted by molar-refractivity contribution is 0.223. The molecule has 0 aliphatic heterocycles. The van der Waals surface area contributed by atoms with E-state index in [1.165, 1.54) is 6.42 Å². The summed E-state index contributed by atoms with van der Waals surface area (Å²) in [6, 6.07) is 7.54. The molecule has 1 heterocycles. The molecule has 0 amide bonds. The first-order valence-corrected chi connectivity index (χ1v) is 7.29. The Hall–Kier alpha value is -1.39. The number of nitrogens with zero attached hydrogens (tertiary/aromatic N) is 3. The van der Waals surface area contributed by atoms with Crippen molar-refractivity contribution in [2.75, 3.05) is 13.6 Å². The molecule has 0 saturated carbocycles. The van der Waals surface area contributed by atoms with Crippen LogP contribution >= 0.6 is 11.6 Å². The Labute approximate surface area is 124 Å². The molecule has 1 aromatic heterocycles. The molecule has 108 valence electrons. The summed E-state index contributed by atoms with van der Waals surface area (Å²) in [6.07, 6.45) is 2.34. The topological polar surface area (TPSA) is 42.2 Å². The van der Waals surface area contributed by atoms with Gasteiger partial charge < -0.3 is 4.42 Å². The molecular formula is C15H20ClN3O. The summed E-state index contributed by atoms with van der Waals surface area (Å²) in [5, 5.41) is 8.92. The van der Waals surface area contributed by atoms with Crippen molar-refractivity contribution in [1.29, 1.82) is 0 Å². The molecule has 0 aliphatic rings. The monoisotopic (exact) mass is 293 g/mol. The zero-order chi connectivity index (χ0) is 14.5. The van der Waals surface area contributed by atoms with Crippen LogP contribution in [0.4, 0.5) is 0 Å². The molecule has 0 fully saturated rings. The Morgan fingerprint density at radius 3 is 2.85 bits per heavy atom. The molecule has 0 spiro atoms. The van der Waals surface area contributed by atoms with Crippen molar-refractivity contribution in [3.63, 3.8) is 0 Å². The SMILES string of the molecule is CCCCN(C)C(C)c1nnc(-c2cccc(Cl)c2)o1. The van der Waals surface area contributed by atoms with Gasteiger partial charge in [0.05, 0.1) is 6.04 Å². The molecule has 0 bridgehead atoms. The van der Waals surface area contributed by atoms with Crippen LogP contribution in [0.25, 0.3) is 11.5 Å². The fourth-order valence-corrected chi connectivity index (χ4v) is 2.12. The first-order valence-electron chi connectivity index (χ1n) is 6.91. The molecule has 2 rings (SSSR count). The lowest BCUT2D eigenvalue weighted by atomic mass is 10.2. The third-order valence-corrected chi connectivity index (χ3v) is 3.63. The Bertz CT molecular complexity index is 556. The first-order chi connectivity index (χ1) is 9.61. The van der Waals surface area contributed by atoms with Crippen molar-refractivity contribution < 1.29 is 4.42 Å². The summed E-state index contributed by atoms with van der Waals surface area (Å²) in [5.74, 6) is 1.15. The summed E-state index contributed by atoms with van der Waals surface area (Å²) >= 11 is 5.97. The largest absolute Gasteiger partial charge is 0.419 e. The quantitative estimate of drug-likeness (QED) is 0.801. The van der Waals surface area contributed by atoms with Gasteiger partial charge in [-0.15, -0.1) is 10.2 Å². The lowest BCUT2D eigenvalue weighted by Gasteiger charge is -2.21. The average Bonchev–Trinajstić information content (AvgIpc) is 2.93. The Kier molecular flexibility index (Phi) is 5.15. The van der Waals surface area contributed by atoms with E-state index in [1.54, 1.807) is 0 Å². The average molecular weight is 294 g/mol. The van der Waals surface area contributed by atoms with Gasteiger partial charge in [-0.2, -0.15) is 0 Å². The van der Waals surface area contributed by atoms with Crippen LogP contribution in [0, 0.1) is 0 Å². The fourth-order valence-electron chi connectivity index (χ4n) is 1.93. The molecule has 1 atom stereocenters. The zero-order valence-corrected chi connectivity index (χ0v) is 12.9. The van der Waals surface area contributed by atoms with Crippen LogP contribution in [0.5, 0.6) is 0 Å². The third kappa shape index (κ3) is 3.58. The van der Waals surface area contributed by atoms with Gasteiger partial charge in [-0.25, -0.2) is 0 Å². The molecule has 0 saturated heterocycles. The van der Waals surface area contributed by atoms with Crippen molar-refractivity contribution in [1.82, 2.24) is 15.1 Å². The minimum atomic E-state index is 0.113. The number of aromatic nitrogens is 2. The van der Waals surface area contributed by atoms with Crippen molar-refractivity contribution in [2.24, 2.45) is 0 Å². The van der Waals surface area contributed by atoms with Gasteiger partial charge in [0, 0.05) is 10.6 Å². The molecular weight excluding hydrogens is 274 g/mol. The van der Waals surface area contributed by atoms with Crippen LogP contribution in [0.15, 0.2) is 28.7 Å². The molecule has 5 heteroatoms. The second kappa shape index (κ2) is 6.86. The summed E-state index contributed by atoms with van der Waals surface area (Å²) in [6.45, 7) is 5.28. The van der Waals surface area contributed by atoms with Crippen LogP contribution in [0.2, 0.25) is 5.02 Å². The van der Waals surface area contributed by atoms with E-state index < -0.39 is 0 Å². The predicted octanol–water partition coefficient (Wildman–Crippen LogP) is 4.18. The Morgan fingerprint density at radius 1 is 1.35 bits per heavy atom. The summed E-state index contributed by atoms with van der Waals surface area (Å²) in [4.78, 5) is 2.22. The van der Waals surface area contributed by atoms with Gasteiger partial charge in [-0.05, 0) is 45.1 Å². The van der Waals surface area contributed by atoms with Crippen molar-refractivity contribution >= 4 is 11.6 Å². The number of halogens is 1. The third-order valence-electron chi connectivity index (χ3n) is 3.40. The highest BCUT2D eigenvalue weighted by Gasteiger charge is 2.18. The molecule has 0 radical (unpaired) electrons. The normalized spacial score (nSPS) is 12.8. The van der Waals surface area contributed by atoms with Gasteiger partial charge in [-0.3, -0.25) is 4.90 Å². The van der Waals surface area contributed by atoms with Crippen LogP contribution in [-0.2, 0) is 0 Å². The van der Waals surface area contributed by atoms with E-state index in [9.17, 15) is 0 Å². The van der Waals surface area contributed by atoms with E-state index in [0.717, 1.165) is 18.5 Å². The molecule has 4 nitrogen and oxygen atoms in total. The molecule has 20 heavy (non-hydrogen) atoms. The second-order valence-electron chi connectivity index (χ2n) is 4.97. The highest BCUT2D eigenvalue weighted by Crippen LogP contribution is 2.25. The standard InChI is InChI=1S/C15H20ClN3O/c1-4-5-9-19(3)11(2)14-17-18-15(20-14)12-7-6-8-13(16)10-12/h6-8,10-11H,4-5,9H2,1-3H3. The van der Waals surface area contributed by atoms with Gasteiger partial charge in [0.15, 0.2) is 0 Å². The van der Waals surface area contributed by atoms with Gasteiger partial charge >= 0.3 is 0 Å². The molecule has 1 unspecified atom stereocenters. The molecule has 2 aromatic rings. The van der Waals surface area contributed by atoms with E-state index in [-0.39, 0.29) is 6.04 Å². The smallest absolute Gasteiger partial charge is 0.247 e. The Balaban J connectivity index is 2.12. The lowest BCUT2D eigenvalue weighted by Crippen LogP contribution is -2.23. The number of hydrogen-bond donors (Lipinski definition) is 0. The van der Waals surface area contributed by atoms with E-state index in [4.69, 9.17) is 16.0 Å². The zero-order valence-electron chi connectivity index (χ0n) is 12.1. The van der Waals surface area contributed by atoms with Crippen molar-refractivity contribution in [3.8, 4) is 11.5 Å². The maximum Gasteiger partial charge on any atom is 0.247 e. The van der Waals surface area contributed by atoms with E-state index in [1.807, 2.05) is 24.3 Å². The fraction of sp³-hybridized carbons (Fsp3) is 0.467. The van der Waals surface area contributed by atoms with Gasteiger partial charge in [0.2, 0.25) is 11.8 Å².